The number of carboxylic acid groups (broad SMARTS) is 1. The fraction of sp³-hybridized carbons (Fsp3) is 0.833. The third-order valence-corrected chi connectivity index (χ3v) is 1.50. The Kier molecular flexibility index (Phi) is 3.13. The van der Waals surface area contributed by atoms with Crippen molar-refractivity contribution in [1.82, 2.24) is 10.6 Å². The lowest BCUT2D eigenvalue weighted by atomic mass is 10.3. The maximum Gasteiger partial charge on any atom is 0.404 e. The summed E-state index contributed by atoms with van der Waals surface area (Å²) in [4.78, 5) is 10.1. The molecule has 1 aliphatic rings. The SMILES string of the molecule is O=C(O)NCC1COCCN1. The quantitative estimate of drug-likeness (QED) is 0.496. The van der Waals surface area contributed by atoms with Crippen LogP contribution in [0.2, 0.25) is 0 Å². The fourth-order valence-electron chi connectivity index (χ4n) is 0.961. The van der Waals surface area contributed by atoms with Crippen molar-refractivity contribution in [2.24, 2.45) is 0 Å². The van der Waals surface area contributed by atoms with Crippen LogP contribution in [0.5, 0.6) is 0 Å². The molecule has 3 N–H and O–H groups in total. The van der Waals surface area contributed by atoms with Crippen LogP contribution < -0.4 is 10.6 Å². The van der Waals surface area contributed by atoms with Gasteiger partial charge in [-0.15, -0.1) is 0 Å². The van der Waals surface area contributed by atoms with Crippen molar-refractivity contribution in [1.29, 1.82) is 0 Å². The van der Waals surface area contributed by atoms with Crippen LogP contribution in [0.1, 0.15) is 0 Å². The first-order valence-corrected chi connectivity index (χ1v) is 3.57. The van der Waals surface area contributed by atoms with E-state index in [0.717, 1.165) is 6.54 Å². The molecule has 64 valence electrons. The normalized spacial score (nSPS) is 24.5. The number of amides is 1. The van der Waals surface area contributed by atoms with Crippen LogP contribution in [-0.4, -0.2) is 43.5 Å². The zero-order valence-corrected chi connectivity index (χ0v) is 6.17. The molecule has 11 heavy (non-hydrogen) atoms. The molecule has 1 rings (SSSR count). The Labute approximate surface area is 64.7 Å². The Morgan fingerprint density at radius 1 is 1.82 bits per heavy atom. The van der Waals surface area contributed by atoms with E-state index in [-0.39, 0.29) is 6.04 Å². The number of hydrogen-bond acceptors (Lipinski definition) is 3. The van der Waals surface area contributed by atoms with Gasteiger partial charge in [0.15, 0.2) is 0 Å². The molecule has 5 heteroatoms. The first-order valence-electron chi connectivity index (χ1n) is 3.57. The molecule has 0 aromatic carbocycles. The topological polar surface area (TPSA) is 70.6 Å². The van der Waals surface area contributed by atoms with Gasteiger partial charge in [0, 0.05) is 19.1 Å². The number of nitrogens with one attached hydrogen (secondary N) is 2. The number of hydrogen-bond donors (Lipinski definition) is 3. The predicted molar refractivity (Wildman–Crippen MR) is 38.6 cm³/mol. The number of morpholine rings is 1. The predicted octanol–water partition coefficient (Wildman–Crippen LogP) is -0.758. The molecule has 1 fully saturated rings. The molecule has 0 aliphatic carbocycles. The minimum Gasteiger partial charge on any atom is -0.465 e. The van der Waals surface area contributed by atoms with Gasteiger partial charge >= 0.3 is 6.09 Å². The highest BCUT2D eigenvalue weighted by Crippen LogP contribution is 1.90. The second kappa shape index (κ2) is 4.15. The summed E-state index contributed by atoms with van der Waals surface area (Å²) in [5.41, 5.74) is 0. The molecule has 0 bridgehead atoms. The minimum absolute atomic E-state index is 0.125. The Balaban J connectivity index is 2.09. The van der Waals surface area contributed by atoms with Gasteiger partial charge in [-0.05, 0) is 0 Å². The second-order valence-corrected chi connectivity index (χ2v) is 2.41. The lowest BCUT2D eigenvalue weighted by Crippen LogP contribution is -2.48. The van der Waals surface area contributed by atoms with Crippen molar-refractivity contribution in [3.8, 4) is 0 Å². The van der Waals surface area contributed by atoms with E-state index in [9.17, 15) is 4.79 Å². The number of carbonyl (C=O) groups is 1. The second-order valence-electron chi connectivity index (χ2n) is 2.41. The van der Waals surface area contributed by atoms with Gasteiger partial charge in [0.05, 0.1) is 13.2 Å². The van der Waals surface area contributed by atoms with Crippen LogP contribution >= 0.6 is 0 Å². The van der Waals surface area contributed by atoms with Crippen molar-refractivity contribution in [3.05, 3.63) is 0 Å². The molecule has 1 heterocycles. The average molecular weight is 160 g/mol. The van der Waals surface area contributed by atoms with Gasteiger partial charge < -0.3 is 20.5 Å². The van der Waals surface area contributed by atoms with Crippen molar-refractivity contribution in [2.45, 2.75) is 6.04 Å². The van der Waals surface area contributed by atoms with E-state index in [4.69, 9.17) is 9.84 Å². The molecule has 1 aliphatic heterocycles. The summed E-state index contributed by atoms with van der Waals surface area (Å²) >= 11 is 0. The molecule has 1 saturated heterocycles. The van der Waals surface area contributed by atoms with E-state index in [1.807, 2.05) is 0 Å². The van der Waals surface area contributed by atoms with Gasteiger partial charge in [0.25, 0.3) is 0 Å². The average Bonchev–Trinajstić information content (AvgIpc) is 2.03. The highest BCUT2D eigenvalue weighted by molar-refractivity contribution is 5.64. The van der Waals surface area contributed by atoms with E-state index >= 15 is 0 Å². The van der Waals surface area contributed by atoms with E-state index in [1.54, 1.807) is 0 Å². The monoisotopic (exact) mass is 160 g/mol. The largest absolute Gasteiger partial charge is 0.465 e. The maximum atomic E-state index is 10.1. The minimum atomic E-state index is -0.989. The smallest absolute Gasteiger partial charge is 0.404 e. The van der Waals surface area contributed by atoms with Crippen molar-refractivity contribution in [3.63, 3.8) is 0 Å². The van der Waals surface area contributed by atoms with Crippen LogP contribution in [-0.2, 0) is 4.74 Å². The Bertz CT molecular complexity index is 134. The zero-order chi connectivity index (χ0) is 8.10. The summed E-state index contributed by atoms with van der Waals surface area (Å²) < 4.78 is 5.12. The third kappa shape index (κ3) is 3.20. The van der Waals surface area contributed by atoms with Gasteiger partial charge in [-0.2, -0.15) is 0 Å². The lowest BCUT2D eigenvalue weighted by Gasteiger charge is -2.23. The van der Waals surface area contributed by atoms with Crippen LogP contribution in [0.15, 0.2) is 0 Å². The van der Waals surface area contributed by atoms with Gasteiger partial charge in [-0.25, -0.2) is 4.79 Å². The van der Waals surface area contributed by atoms with Crippen molar-refractivity contribution in [2.75, 3.05) is 26.3 Å². The van der Waals surface area contributed by atoms with E-state index < -0.39 is 6.09 Å². The highest BCUT2D eigenvalue weighted by atomic mass is 16.5. The molecule has 0 aromatic rings. The maximum absolute atomic E-state index is 10.1. The first-order chi connectivity index (χ1) is 5.29. The summed E-state index contributed by atoms with van der Waals surface area (Å²) in [5.74, 6) is 0. The fourth-order valence-corrected chi connectivity index (χ4v) is 0.961. The standard InChI is InChI=1S/C6H12N2O3/c9-6(10)8-3-5-4-11-2-1-7-5/h5,7-8H,1-4H2,(H,9,10). The third-order valence-electron chi connectivity index (χ3n) is 1.50. The van der Waals surface area contributed by atoms with Gasteiger partial charge in [-0.3, -0.25) is 0 Å². The van der Waals surface area contributed by atoms with E-state index in [2.05, 4.69) is 10.6 Å². The molecule has 0 saturated carbocycles. The Hall–Kier alpha value is -0.810. The molecule has 1 amide bonds. The molecule has 5 nitrogen and oxygen atoms in total. The van der Waals surface area contributed by atoms with Gasteiger partial charge in [-0.1, -0.05) is 0 Å². The molecule has 0 spiro atoms. The summed E-state index contributed by atoms with van der Waals surface area (Å²) in [6, 6.07) is 0.125. The molecule has 1 unspecified atom stereocenters. The zero-order valence-electron chi connectivity index (χ0n) is 6.17. The summed E-state index contributed by atoms with van der Waals surface area (Å²) in [7, 11) is 0. The summed E-state index contributed by atoms with van der Waals surface area (Å²) in [6.45, 7) is 2.51. The van der Waals surface area contributed by atoms with E-state index in [0.29, 0.717) is 19.8 Å². The van der Waals surface area contributed by atoms with Crippen LogP contribution in [0.3, 0.4) is 0 Å². The van der Waals surface area contributed by atoms with Crippen molar-refractivity contribution < 1.29 is 14.6 Å². The molecule has 1 atom stereocenters. The van der Waals surface area contributed by atoms with Crippen LogP contribution in [0.4, 0.5) is 4.79 Å². The number of ether oxygens (including phenoxy) is 1. The first kappa shape index (κ1) is 8.29. The van der Waals surface area contributed by atoms with Gasteiger partial charge in [0.1, 0.15) is 0 Å². The Morgan fingerprint density at radius 2 is 2.64 bits per heavy atom. The summed E-state index contributed by atoms with van der Waals surface area (Å²) in [5, 5.41) is 13.7. The summed E-state index contributed by atoms with van der Waals surface area (Å²) in [6.07, 6.45) is -0.989. The molecule has 0 aromatic heterocycles. The van der Waals surface area contributed by atoms with Gasteiger partial charge in [0.2, 0.25) is 0 Å². The van der Waals surface area contributed by atoms with Crippen LogP contribution in [0.25, 0.3) is 0 Å². The lowest BCUT2D eigenvalue weighted by molar-refractivity contribution is 0.0765. The molecule has 0 radical (unpaired) electrons. The number of rotatable bonds is 2. The Morgan fingerprint density at radius 3 is 3.18 bits per heavy atom. The highest BCUT2D eigenvalue weighted by Gasteiger charge is 2.12. The molecular weight excluding hydrogens is 148 g/mol. The van der Waals surface area contributed by atoms with E-state index in [1.165, 1.54) is 0 Å². The van der Waals surface area contributed by atoms with Crippen LogP contribution in [0, 0.1) is 0 Å². The van der Waals surface area contributed by atoms with Crippen molar-refractivity contribution >= 4 is 6.09 Å². The molecular formula is C6H12N2O3.